The van der Waals surface area contributed by atoms with Gasteiger partial charge in [0.1, 0.15) is 6.61 Å². The van der Waals surface area contributed by atoms with Crippen molar-refractivity contribution >= 4 is 0 Å². The van der Waals surface area contributed by atoms with Crippen molar-refractivity contribution in [3.63, 3.8) is 0 Å². The van der Waals surface area contributed by atoms with E-state index in [1.54, 1.807) is 14.2 Å². The second kappa shape index (κ2) is 9.96. The topological polar surface area (TPSA) is 39.7 Å². The van der Waals surface area contributed by atoms with E-state index in [1.807, 2.05) is 18.2 Å². The van der Waals surface area contributed by atoms with Gasteiger partial charge in [0.15, 0.2) is 11.5 Å². The van der Waals surface area contributed by atoms with Gasteiger partial charge in [0.25, 0.3) is 0 Å². The van der Waals surface area contributed by atoms with Crippen LogP contribution in [0, 0.1) is 0 Å². The largest absolute Gasteiger partial charge is 0.493 e. The van der Waals surface area contributed by atoms with Crippen molar-refractivity contribution < 1.29 is 14.2 Å². The zero-order chi connectivity index (χ0) is 17.2. The number of hydrogen-bond donors (Lipinski definition) is 1. The van der Waals surface area contributed by atoms with Crippen LogP contribution in [0.25, 0.3) is 0 Å². The summed E-state index contributed by atoms with van der Waals surface area (Å²) in [6.07, 6.45) is 1.04. The van der Waals surface area contributed by atoms with Gasteiger partial charge in [0.05, 0.1) is 13.7 Å². The van der Waals surface area contributed by atoms with E-state index in [0.29, 0.717) is 19.3 Å². The number of hydrogen-bond acceptors (Lipinski definition) is 4. The molecule has 4 nitrogen and oxygen atoms in total. The predicted molar refractivity (Wildman–Crippen MR) is 96.7 cm³/mol. The van der Waals surface area contributed by atoms with Crippen LogP contribution in [0.5, 0.6) is 11.5 Å². The summed E-state index contributed by atoms with van der Waals surface area (Å²) in [7, 11) is 3.32. The van der Waals surface area contributed by atoms with Crippen LogP contribution in [0.2, 0.25) is 0 Å². The Bertz CT molecular complexity index is 601. The van der Waals surface area contributed by atoms with Gasteiger partial charge in [-0.2, -0.15) is 0 Å². The maximum atomic E-state index is 5.67. The molecule has 4 heteroatoms. The Labute approximate surface area is 144 Å². The molecule has 0 saturated carbocycles. The zero-order valence-corrected chi connectivity index (χ0v) is 14.7. The van der Waals surface area contributed by atoms with Gasteiger partial charge in [-0.25, -0.2) is 0 Å². The maximum absolute atomic E-state index is 5.67. The Hall–Kier alpha value is -2.04. The summed E-state index contributed by atoms with van der Waals surface area (Å²) in [5.74, 6) is 1.49. The Balaban J connectivity index is 1.99. The highest BCUT2D eigenvalue weighted by molar-refractivity contribution is 5.43. The van der Waals surface area contributed by atoms with Crippen LogP contribution in [0.3, 0.4) is 0 Å². The van der Waals surface area contributed by atoms with Crippen LogP contribution < -0.4 is 14.8 Å². The second-order valence-corrected chi connectivity index (χ2v) is 5.58. The zero-order valence-electron chi connectivity index (χ0n) is 14.7. The molecule has 0 aliphatic carbocycles. The molecule has 0 saturated heterocycles. The smallest absolute Gasteiger partial charge is 0.161 e. The van der Waals surface area contributed by atoms with Crippen molar-refractivity contribution in [2.75, 3.05) is 27.4 Å². The molecule has 130 valence electrons. The van der Waals surface area contributed by atoms with Crippen LogP contribution in [0.1, 0.15) is 30.5 Å². The van der Waals surface area contributed by atoms with Gasteiger partial charge in [-0.1, -0.05) is 43.3 Å². The standard InChI is InChI=1S/C20H27NO3/c1-4-18(17-8-6-5-7-9-17)21-15-16-10-11-19(20(14-16)23-3)24-13-12-22-2/h5-11,14,18,21H,4,12-13,15H2,1-3H3. The van der Waals surface area contributed by atoms with Crippen molar-refractivity contribution in [2.24, 2.45) is 0 Å². The summed E-state index contributed by atoms with van der Waals surface area (Å²) in [6, 6.07) is 16.9. The average molecular weight is 329 g/mol. The highest BCUT2D eigenvalue weighted by Gasteiger charge is 2.10. The van der Waals surface area contributed by atoms with Crippen molar-refractivity contribution in [2.45, 2.75) is 25.9 Å². The summed E-state index contributed by atoms with van der Waals surface area (Å²) in [4.78, 5) is 0. The third-order valence-corrected chi connectivity index (χ3v) is 3.94. The van der Waals surface area contributed by atoms with Gasteiger partial charge in [0.2, 0.25) is 0 Å². The Morgan fingerprint density at radius 1 is 0.958 bits per heavy atom. The lowest BCUT2D eigenvalue weighted by Gasteiger charge is -2.18. The number of methoxy groups -OCH3 is 2. The number of ether oxygens (including phenoxy) is 3. The second-order valence-electron chi connectivity index (χ2n) is 5.58. The van der Waals surface area contributed by atoms with E-state index in [2.05, 4.69) is 42.6 Å². The summed E-state index contributed by atoms with van der Waals surface area (Å²) in [5, 5.41) is 3.61. The fourth-order valence-corrected chi connectivity index (χ4v) is 2.60. The van der Waals surface area contributed by atoms with Crippen molar-refractivity contribution in [3.05, 3.63) is 59.7 Å². The molecule has 0 radical (unpaired) electrons. The summed E-state index contributed by atoms with van der Waals surface area (Å²) in [5.41, 5.74) is 2.48. The van der Waals surface area contributed by atoms with Crippen molar-refractivity contribution in [1.82, 2.24) is 5.32 Å². The predicted octanol–water partition coefficient (Wildman–Crippen LogP) is 3.96. The molecule has 0 aliphatic rings. The molecule has 1 N–H and O–H groups in total. The monoisotopic (exact) mass is 329 g/mol. The Kier molecular flexibility index (Phi) is 7.59. The van der Waals surface area contributed by atoms with Gasteiger partial charge in [-0.3, -0.25) is 0 Å². The molecule has 0 spiro atoms. The first-order chi connectivity index (χ1) is 11.8. The molecule has 0 heterocycles. The van der Waals surface area contributed by atoms with E-state index in [1.165, 1.54) is 11.1 Å². The Morgan fingerprint density at radius 2 is 1.75 bits per heavy atom. The van der Waals surface area contributed by atoms with E-state index in [4.69, 9.17) is 14.2 Å². The van der Waals surface area contributed by atoms with Gasteiger partial charge >= 0.3 is 0 Å². The van der Waals surface area contributed by atoms with E-state index in [0.717, 1.165) is 24.5 Å². The quantitative estimate of drug-likeness (QED) is 0.670. The average Bonchev–Trinajstić information content (AvgIpc) is 2.64. The minimum atomic E-state index is 0.342. The molecule has 1 unspecified atom stereocenters. The lowest BCUT2D eigenvalue weighted by atomic mass is 10.0. The molecule has 0 aromatic heterocycles. The minimum Gasteiger partial charge on any atom is -0.493 e. The maximum Gasteiger partial charge on any atom is 0.161 e. The third-order valence-electron chi connectivity index (χ3n) is 3.94. The molecular weight excluding hydrogens is 302 g/mol. The summed E-state index contributed by atoms with van der Waals surface area (Å²) >= 11 is 0. The highest BCUT2D eigenvalue weighted by Crippen LogP contribution is 2.28. The normalized spacial score (nSPS) is 12.0. The van der Waals surface area contributed by atoms with E-state index >= 15 is 0 Å². The lowest BCUT2D eigenvalue weighted by molar-refractivity contribution is 0.144. The summed E-state index contributed by atoms with van der Waals surface area (Å²) in [6.45, 7) is 4.04. The third kappa shape index (κ3) is 5.25. The molecule has 24 heavy (non-hydrogen) atoms. The number of benzene rings is 2. The molecule has 2 aromatic rings. The van der Waals surface area contributed by atoms with Crippen LogP contribution in [0.4, 0.5) is 0 Å². The minimum absolute atomic E-state index is 0.342. The first-order valence-corrected chi connectivity index (χ1v) is 8.35. The molecular formula is C20H27NO3. The van der Waals surface area contributed by atoms with Crippen LogP contribution in [-0.4, -0.2) is 27.4 Å². The van der Waals surface area contributed by atoms with Crippen LogP contribution in [-0.2, 0) is 11.3 Å². The summed E-state index contributed by atoms with van der Waals surface area (Å²) < 4.78 is 16.1. The van der Waals surface area contributed by atoms with E-state index in [9.17, 15) is 0 Å². The molecule has 2 rings (SSSR count). The SMILES string of the molecule is CCC(NCc1ccc(OCCOC)c(OC)c1)c1ccccc1. The first kappa shape index (κ1) is 18.3. The molecule has 0 fully saturated rings. The van der Waals surface area contributed by atoms with Crippen molar-refractivity contribution in [1.29, 1.82) is 0 Å². The van der Waals surface area contributed by atoms with Gasteiger partial charge in [0, 0.05) is 19.7 Å². The number of nitrogens with one attached hydrogen (secondary N) is 1. The van der Waals surface area contributed by atoms with Crippen molar-refractivity contribution in [3.8, 4) is 11.5 Å². The fraction of sp³-hybridized carbons (Fsp3) is 0.400. The molecule has 1 atom stereocenters. The number of rotatable bonds is 10. The molecule has 2 aromatic carbocycles. The van der Waals surface area contributed by atoms with Crippen LogP contribution in [0.15, 0.2) is 48.5 Å². The van der Waals surface area contributed by atoms with Gasteiger partial charge in [-0.15, -0.1) is 0 Å². The molecule has 0 aliphatic heterocycles. The Morgan fingerprint density at radius 3 is 2.42 bits per heavy atom. The highest BCUT2D eigenvalue weighted by atomic mass is 16.5. The molecule has 0 amide bonds. The van der Waals surface area contributed by atoms with E-state index < -0.39 is 0 Å². The van der Waals surface area contributed by atoms with Gasteiger partial charge in [-0.05, 0) is 29.7 Å². The van der Waals surface area contributed by atoms with E-state index in [-0.39, 0.29) is 0 Å². The van der Waals surface area contributed by atoms with Gasteiger partial charge < -0.3 is 19.5 Å². The lowest BCUT2D eigenvalue weighted by Crippen LogP contribution is -2.20. The molecule has 0 bridgehead atoms. The fourth-order valence-electron chi connectivity index (χ4n) is 2.60. The first-order valence-electron chi connectivity index (χ1n) is 8.35. The van der Waals surface area contributed by atoms with Crippen LogP contribution >= 0.6 is 0 Å².